The molecule has 0 saturated carbocycles. The van der Waals surface area contributed by atoms with Gasteiger partial charge in [-0.05, 0) is 49.2 Å². The molecule has 0 aliphatic carbocycles. The molecule has 28 heavy (non-hydrogen) atoms. The van der Waals surface area contributed by atoms with Gasteiger partial charge in [0.1, 0.15) is 12.4 Å². The molecule has 1 aliphatic heterocycles. The average Bonchev–Trinajstić information content (AvgIpc) is 2.71. The van der Waals surface area contributed by atoms with E-state index >= 15 is 0 Å². The first-order valence-electron chi connectivity index (χ1n) is 8.71. The molecule has 2 amide bonds. The third-order valence-corrected chi connectivity index (χ3v) is 4.49. The van der Waals surface area contributed by atoms with Crippen LogP contribution in [0.15, 0.2) is 48.5 Å². The third-order valence-electron chi connectivity index (χ3n) is 4.26. The molecule has 0 saturated heterocycles. The SMILES string of the molecule is C[C@@H](OC(=O)[C@@H]1COc2ccc(Cl)cc2C1)C(=O)NNC(=O)c1ccccc1. The first-order valence-corrected chi connectivity index (χ1v) is 9.09. The van der Waals surface area contributed by atoms with E-state index in [9.17, 15) is 14.4 Å². The van der Waals surface area contributed by atoms with Gasteiger partial charge in [-0.1, -0.05) is 29.8 Å². The Morgan fingerprint density at radius 1 is 1.14 bits per heavy atom. The summed E-state index contributed by atoms with van der Waals surface area (Å²) < 4.78 is 10.8. The fraction of sp³-hybridized carbons (Fsp3) is 0.250. The maximum Gasteiger partial charge on any atom is 0.313 e. The van der Waals surface area contributed by atoms with E-state index in [0.717, 1.165) is 5.56 Å². The third kappa shape index (κ3) is 4.80. The van der Waals surface area contributed by atoms with Crippen molar-refractivity contribution in [2.24, 2.45) is 5.92 Å². The van der Waals surface area contributed by atoms with Crippen LogP contribution in [-0.2, 0) is 20.7 Å². The first kappa shape index (κ1) is 19.7. The largest absolute Gasteiger partial charge is 0.492 e. The monoisotopic (exact) mass is 402 g/mol. The highest BCUT2D eigenvalue weighted by Gasteiger charge is 2.30. The van der Waals surface area contributed by atoms with Gasteiger partial charge in [0.2, 0.25) is 0 Å². The number of hydrogen-bond donors (Lipinski definition) is 2. The maximum absolute atomic E-state index is 12.4. The summed E-state index contributed by atoms with van der Waals surface area (Å²) in [7, 11) is 0. The van der Waals surface area contributed by atoms with Gasteiger partial charge in [0.15, 0.2) is 6.10 Å². The number of nitrogens with one attached hydrogen (secondary N) is 2. The predicted octanol–water partition coefficient (Wildman–Crippen LogP) is 2.28. The molecule has 2 N–H and O–H groups in total. The molecule has 8 heteroatoms. The average molecular weight is 403 g/mol. The molecule has 0 bridgehead atoms. The van der Waals surface area contributed by atoms with Gasteiger partial charge >= 0.3 is 5.97 Å². The second-order valence-electron chi connectivity index (χ2n) is 6.35. The van der Waals surface area contributed by atoms with Gasteiger partial charge in [0.05, 0.1) is 5.92 Å². The Morgan fingerprint density at radius 3 is 2.64 bits per heavy atom. The zero-order valence-corrected chi connectivity index (χ0v) is 15.9. The molecule has 2 aromatic rings. The fourth-order valence-electron chi connectivity index (χ4n) is 2.72. The van der Waals surface area contributed by atoms with Crippen LogP contribution < -0.4 is 15.6 Å². The van der Waals surface area contributed by atoms with Gasteiger partial charge in [0.25, 0.3) is 11.8 Å². The summed E-state index contributed by atoms with van der Waals surface area (Å²) in [6.07, 6.45) is -0.669. The molecular weight excluding hydrogens is 384 g/mol. The van der Waals surface area contributed by atoms with Crippen LogP contribution >= 0.6 is 11.6 Å². The molecule has 0 radical (unpaired) electrons. The molecule has 0 spiro atoms. The van der Waals surface area contributed by atoms with Crippen LogP contribution in [0.3, 0.4) is 0 Å². The van der Waals surface area contributed by atoms with Crippen LogP contribution in [0.2, 0.25) is 5.02 Å². The normalized spacial score (nSPS) is 16.1. The summed E-state index contributed by atoms with van der Waals surface area (Å²) in [6.45, 7) is 1.59. The van der Waals surface area contributed by atoms with E-state index < -0.39 is 29.8 Å². The number of fused-ring (bicyclic) bond motifs is 1. The minimum atomic E-state index is -1.08. The van der Waals surface area contributed by atoms with E-state index in [4.69, 9.17) is 21.1 Å². The standard InChI is InChI=1S/C20H19ClN2O5/c1-12(18(24)22-23-19(25)13-5-3-2-4-6-13)28-20(26)15-9-14-10-16(21)7-8-17(14)27-11-15/h2-8,10,12,15H,9,11H2,1H3,(H,22,24)(H,23,25)/t12-,15+/m1/s1. The van der Waals surface area contributed by atoms with Crippen molar-refractivity contribution in [3.8, 4) is 5.75 Å². The summed E-state index contributed by atoms with van der Waals surface area (Å²) in [5.74, 6) is -1.52. The summed E-state index contributed by atoms with van der Waals surface area (Å²) >= 11 is 5.98. The van der Waals surface area contributed by atoms with Crippen LogP contribution in [0.4, 0.5) is 0 Å². The lowest BCUT2D eigenvalue weighted by Gasteiger charge is -2.25. The van der Waals surface area contributed by atoms with Crippen LogP contribution in [0.5, 0.6) is 5.75 Å². The van der Waals surface area contributed by atoms with Crippen molar-refractivity contribution in [3.05, 3.63) is 64.7 Å². The van der Waals surface area contributed by atoms with Gasteiger partial charge in [-0.25, -0.2) is 0 Å². The lowest BCUT2D eigenvalue weighted by molar-refractivity contribution is -0.160. The molecule has 0 aromatic heterocycles. The van der Waals surface area contributed by atoms with E-state index in [-0.39, 0.29) is 6.61 Å². The Labute approximate surface area is 166 Å². The second-order valence-corrected chi connectivity index (χ2v) is 6.79. The highest BCUT2D eigenvalue weighted by Crippen LogP contribution is 2.30. The number of carbonyl (C=O) groups is 3. The predicted molar refractivity (Wildman–Crippen MR) is 102 cm³/mol. The highest BCUT2D eigenvalue weighted by molar-refractivity contribution is 6.30. The van der Waals surface area contributed by atoms with E-state index in [1.54, 1.807) is 48.5 Å². The molecule has 1 aliphatic rings. The summed E-state index contributed by atoms with van der Waals surface area (Å²) in [5, 5.41) is 0.554. The smallest absolute Gasteiger partial charge is 0.313 e. The number of hydrazine groups is 1. The van der Waals surface area contributed by atoms with E-state index in [0.29, 0.717) is 22.8 Å². The lowest BCUT2D eigenvalue weighted by Crippen LogP contribution is -2.47. The quantitative estimate of drug-likeness (QED) is 0.604. The van der Waals surface area contributed by atoms with Crippen molar-refractivity contribution in [3.63, 3.8) is 0 Å². The zero-order valence-electron chi connectivity index (χ0n) is 15.1. The fourth-order valence-corrected chi connectivity index (χ4v) is 2.91. The molecule has 3 rings (SSSR count). The molecule has 1 heterocycles. The Bertz CT molecular complexity index is 887. The molecular formula is C20H19ClN2O5. The van der Waals surface area contributed by atoms with Crippen molar-refractivity contribution >= 4 is 29.4 Å². The van der Waals surface area contributed by atoms with Gasteiger partial charge in [-0.15, -0.1) is 0 Å². The number of halogens is 1. The summed E-state index contributed by atoms with van der Waals surface area (Å²) in [4.78, 5) is 36.4. The minimum Gasteiger partial charge on any atom is -0.492 e. The van der Waals surface area contributed by atoms with E-state index in [1.807, 2.05) is 0 Å². The highest BCUT2D eigenvalue weighted by atomic mass is 35.5. The number of carbonyl (C=O) groups excluding carboxylic acids is 3. The van der Waals surface area contributed by atoms with E-state index in [2.05, 4.69) is 10.9 Å². The van der Waals surface area contributed by atoms with Crippen LogP contribution in [0, 0.1) is 5.92 Å². The maximum atomic E-state index is 12.4. The van der Waals surface area contributed by atoms with Crippen LogP contribution in [0.1, 0.15) is 22.8 Å². The number of ether oxygens (including phenoxy) is 2. The number of benzene rings is 2. The zero-order chi connectivity index (χ0) is 20.1. The summed E-state index contributed by atoms with van der Waals surface area (Å²) in [6, 6.07) is 13.6. The Kier molecular flexibility index (Phi) is 6.16. The van der Waals surface area contributed by atoms with Crippen molar-refractivity contribution in [1.29, 1.82) is 0 Å². The Hall–Kier alpha value is -3.06. The molecule has 2 atom stereocenters. The second kappa shape index (κ2) is 8.75. The lowest BCUT2D eigenvalue weighted by atomic mass is 9.97. The number of hydrogen-bond acceptors (Lipinski definition) is 5. The van der Waals surface area contributed by atoms with Crippen molar-refractivity contribution in [2.75, 3.05) is 6.61 Å². The molecule has 7 nitrogen and oxygen atoms in total. The van der Waals surface area contributed by atoms with Crippen LogP contribution in [0.25, 0.3) is 0 Å². The molecule has 146 valence electrons. The minimum absolute atomic E-state index is 0.159. The van der Waals surface area contributed by atoms with Gasteiger partial charge in [-0.3, -0.25) is 25.2 Å². The van der Waals surface area contributed by atoms with Gasteiger partial charge in [-0.2, -0.15) is 0 Å². The van der Waals surface area contributed by atoms with Crippen LogP contribution in [-0.4, -0.2) is 30.5 Å². The number of rotatable bonds is 4. The Balaban J connectivity index is 1.50. The number of amides is 2. The van der Waals surface area contributed by atoms with Crippen molar-refractivity contribution in [2.45, 2.75) is 19.4 Å². The van der Waals surface area contributed by atoms with Crippen molar-refractivity contribution in [1.82, 2.24) is 10.9 Å². The Morgan fingerprint density at radius 2 is 1.89 bits per heavy atom. The summed E-state index contributed by atoms with van der Waals surface area (Å²) in [5.41, 5.74) is 5.74. The number of esters is 1. The van der Waals surface area contributed by atoms with E-state index in [1.165, 1.54) is 6.92 Å². The van der Waals surface area contributed by atoms with Crippen molar-refractivity contribution < 1.29 is 23.9 Å². The molecule has 2 aromatic carbocycles. The van der Waals surface area contributed by atoms with Gasteiger partial charge < -0.3 is 9.47 Å². The first-order chi connectivity index (χ1) is 13.4. The van der Waals surface area contributed by atoms with Gasteiger partial charge in [0, 0.05) is 10.6 Å². The molecule has 0 fully saturated rings. The topological polar surface area (TPSA) is 93.7 Å². The molecule has 0 unspecified atom stereocenters.